The number of carbonyl (C=O) groups excluding carboxylic acids is 1. The van der Waals surface area contributed by atoms with Crippen LogP contribution in [0.2, 0.25) is 0 Å². The number of amides is 1. The van der Waals surface area contributed by atoms with Crippen molar-refractivity contribution >= 4 is 16.9 Å². The SMILES string of the molecule is COc1cccc2cc(C(=O)NCc3ccc4c(c3)OCO4)c(=O)oc12. The summed E-state index contributed by atoms with van der Waals surface area (Å²) in [6.45, 7) is 0.428. The summed E-state index contributed by atoms with van der Waals surface area (Å²) >= 11 is 0. The predicted molar refractivity (Wildman–Crippen MR) is 92.8 cm³/mol. The van der Waals surface area contributed by atoms with E-state index in [1.807, 2.05) is 6.07 Å². The normalized spacial score (nSPS) is 12.2. The summed E-state index contributed by atoms with van der Waals surface area (Å²) < 4.78 is 21.0. The number of fused-ring (bicyclic) bond motifs is 2. The summed E-state index contributed by atoms with van der Waals surface area (Å²) in [7, 11) is 1.49. The summed E-state index contributed by atoms with van der Waals surface area (Å²) in [4.78, 5) is 24.6. The molecule has 0 unspecified atom stereocenters. The standard InChI is InChI=1S/C19H15NO6/c1-23-15-4-2-3-12-8-13(19(22)26-17(12)15)18(21)20-9-11-5-6-14-16(7-11)25-10-24-14/h2-8H,9-10H2,1H3,(H,20,21). The van der Waals surface area contributed by atoms with Crippen molar-refractivity contribution in [1.29, 1.82) is 0 Å². The second-order valence-corrected chi connectivity index (χ2v) is 5.70. The average Bonchev–Trinajstić information content (AvgIpc) is 3.13. The minimum Gasteiger partial charge on any atom is -0.493 e. The lowest BCUT2D eigenvalue weighted by Crippen LogP contribution is -2.27. The Labute approximate surface area is 148 Å². The topological polar surface area (TPSA) is 87.0 Å². The van der Waals surface area contributed by atoms with E-state index >= 15 is 0 Å². The van der Waals surface area contributed by atoms with E-state index in [2.05, 4.69) is 5.32 Å². The maximum absolute atomic E-state index is 12.4. The molecule has 1 aliphatic heterocycles. The zero-order valence-electron chi connectivity index (χ0n) is 13.9. The minimum absolute atomic E-state index is 0.0634. The maximum Gasteiger partial charge on any atom is 0.349 e. The zero-order chi connectivity index (χ0) is 18.1. The number of hydrogen-bond donors (Lipinski definition) is 1. The lowest BCUT2D eigenvalue weighted by molar-refractivity contribution is 0.0947. The largest absolute Gasteiger partial charge is 0.493 e. The minimum atomic E-state index is -0.717. The lowest BCUT2D eigenvalue weighted by Gasteiger charge is -2.07. The fraction of sp³-hybridized carbons (Fsp3) is 0.158. The Bertz CT molecular complexity index is 1060. The smallest absolute Gasteiger partial charge is 0.349 e. The summed E-state index contributed by atoms with van der Waals surface area (Å²) in [5.41, 5.74) is 0.360. The number of nitrogens with one attached hydrogen (secondary N) is 1. The van der Waals surface area contributed by atoms with E-state index in [0.717, 1.165) is 5.56 Å². The van der Waals surface area contributed by atoms with Crippen molar-refractivity contribution in [2.24, 2.45) is 0 Å². The molecule has 0 bridgehead atoms. The van der Waals surface area contributed by atoms with Crippen molar-refractivity contribution in [2.75, 3.05) is 13.9 Å². The molecule has 4 rings (SSSR count). The number of methoxy groups -OCH3 is 1. The zero-order valence-corrected chi connectivity index (χ0v) is 13.9. The fourth-order valence-corrected chi connectivity index (χ4v) is 2.77. The lowest BCUT2D eigenvalue weighted by atomic mass is 10.1. The summed E-state index contributed by atoms with van der Waals surface area (Å²) in [6, 6.07) is 12.1. The van der Waals surface area contributed by atoms with Gasteiger partial charge in [0.25, 0.3) is 5.91 Å². The summed E-state index contributed by atoms with van der Waals surface area (Å²) in [5.74, 6) is 1.23. The van der Waals surface area contributed by atoms with Gasteiger partial charge < -0.3 is 23.9 Å². The van der Waals surface area contributed by atoms with Crippen molar-refractivity contribution in [3.8, 4) is 17.2 Å². The van der Waals surface area contributed by atoms with Crippen LogP contribution < -0.4 is 25.2 Å². The molecule has 2 heterocycles. The average molecular weight is 353 g/mol. The molecule has 1 aliphatic rings. The van der Waals surface area contributed by atoms with E-state index in [1.165, 1.54) is 13.2 Å². The van der Waals surface area contributed by atoms with Crippen LogP contribution in [0.3, 0.4) is 0 Å². The van der Waals surface area contributed by atoms with Gasteiger partial charge in [-0.1, -0.05) is 18.2 Å². The molecule has 3 aromatic rings. The summed E-state index contributed by atoms with van der Waals surface area (Å²) in [5, 5.41) is 3.32. The van der Waals surface area contributed by atoms with Crippen molar-refractivity contribution in [2.45, 2.75) is 6.54 Å². The highest BCUT2D eigenvalue weighted by Crippen LogP contribution is 2.32. The molecule has 0 radical (unpaired) electrons. The first-order chi connectivity index (χ1) is 12.7. The van der Waals surface area contributed by atoms with Crippen LogP contribution >= 0.6 is 0 Å². The maximum atomic E-state index is 12.4. The van der Waals surface area contributed by atoms with Gasteiger partial charge in [-0.2, -0.15) is 0 Å². The molecular weight excluding hydrogens is 338 g/mol. The Hall–Kier alpha value is -3.48. The van der Waals surface area contributed by atoms with Gasteiger partial charge in [-0.3, -0.25) is 4.79 Å². The van der Waals surface area contributed by atoms with E-state index in [9.17, 15) is 9.59 Å². The van der Waals surface area contributed by atoms with Gasteiger partial charge in [-0.25, -0.2) is 4.79 Å². The van der Waals surface area contributed by atoms with Crippen LogP contribution in [0.5, 0.6) is 17.2 Å². The van der Waals surface area contributed by atoms with E-state index in [1.54, 1.807) is 30.3 Å². The number of benzene rings is 2. The van der Waals surface area contributed by atoms with Gasteiger partial charge in [0, 0.05) is 11.9 Å². The van der Waals surface area contributed by atoms with Crippen LogP contribution in [-0.2, 0) is 6.54 Å². The highest BCUT2D eigenvalue weighted by Gasteiger charge is 2.17. The van der Waals surface area contributed by atoms with Gasteiger partial charge in [0.1, 0.15) is 5.56 Å². The van der Waals surface area contributed by atoms with Gasteiger partial charge in [-0.15, -0.1) is 0 Å². The van der Waals surface area contributed by atoms with Crippen LogP contribution in [-0.4, -0.2) is 19.8 Å². The molecule has 2 aromatic carbocycles. The van der Waals surface area contributed by atoms with Crippen molar-refractivity contribution < 1.29 is 23.4 Å². The summed E-state index contributed by atoms with van der Waals surface area (Å²) in [6.07, 6.45) is 0. The first-order valence-electron chi connectivity index (χ1n) is 7.93. The van der Waals surface area contributed by atoms with Crippen molar-refractivity contribution in [3.05, 3.63) is 64.0 Å². The third-order valence-corrected chi connectivity index (χ3v) is 4.08. The number of ether oxygens (including phenoxy) is 3. The Morgan fingerprint density at radius 1 is 1.15 bits per heavy atom. The van der Waals surface area contributed by atoms with Crippen LogP contribution in [0.1, 0.15) is 15.9 Å². The Balaban J connectivity index is 1.56. The van der Waals surface area contributed by atoms with Gasteiger partial charge >= 0.3 is 5.63 Å². The molecule has 0 atom stereocenters. The van der Waals surface area contributed by atoms with Crippen LogP contribution in [0.15, 0.2) is 51.7 Å². The van der Waals surface area contributed by atoms with Gasteiger partial charge in [0.15, 0.2) is 22.8 Å². The van der Waals surface area contributed by atoms with E-state index in [4.69, 9.17) is 18.6 Å². The van der Waals surface area contributed by atoms with E-state index in [0.29, 0.717) is 28.2 Å². The fourth-order valence-electron chi connectivity index (χ4n) is 2.77. The van der Waals surface area contributed by atoms with E-state index in [-0.39, 0.29) is 18.9 Å². The third-order valence-electron chi connectivity index (χ3n) is 4.08. The predicted octanol–water partition coefficient (Wildman–Crippen LogP) is 2.46. The molecule has 0 saturated carbocycles. The molecule has 1 amide bonds. The highest BCUT2D eigenvalue weighted by atomic mass is 16.7. The molecule has 1 aromatic heterocycles. The first kappa shape index (κ1) is 16.0. The second kappa shape index (κ2) is 6.44. The Kier molecular flexibility index (Phi) is 3.96. The molecule has 0 spiro atoms. The van der Waals surface area contributed by atoms with Crippen LogP contribution in [0, 0.1) is 0 Å². The first-order valence-corrected chi connectivity index (χ1v) is 7.93. The van der Waals surface area contributed by atoms with Gasteiger partial charge in [0.05, 0.1) is 7.11 Å². The number of hydrogen-bond acceptors (Lipinski definition) is 6. The highest BCUT2D eigenvalue weighted by molar-refractivity contribution is 5.97. The second-order valence-electron chi connectivity index (χ2n) is 5.70. The Morgan fingerprint density at radius 2 is 2.00 bits per heavy atom. The van der Waals surface area contributed by atoms with Gasteiger partial charge in [0.2, 0.25) is 6.79 Å². The molecule has 1 N–H and O–H groups in total. The monoisotopic (exact) mass is 353 g/mol. The number of rotatable bonds is 4. The number of para-hydroxylation sites is 1. The molecular formula is C19H15NO6. The Morgan fingerprint density at radius 3 is 2.85 bits per heavy atom. The van der Waals surface area contributed by atoms with Gasteiger partial charge in [-0.05, 0) is 29.8 Å². The molecule has 7 heteroatoms. The molecule has 0 aliphatic carbocycles. The van der Waals surface area contributed by atoms with Crippen molar-refractivity contribution in [3.63, 3.8) is 0 Å². The molecule has 0 saturated heterocycles. The number of carbonyl (C=O) groups is 1. The molecule has 7 nitrogen and oxygen atoms in total. The van der Waals surface area contributed by atoms with Crippen LogP contribution in [0.4, 0.5) is 0 Å². The van der Waals surface area contributed by atoms with Crippen molar-refractivity contribution in [1.82, 2.24) is 5.32 Å². The van der Waals surface area contributed by atoms with Crippen LogP contribution in [0.25, 0.3) is 11.0 Å². The van der Waals surface area contributed by atoms with E-state index < -0.39 is 11.5 Å². The molecule has 26 heavy (non-hydrogen) atoms. The third kappa shape index (κ3) is 2.83. The molecule has 0 fully saturated rings. The quantitative estimate of drug-likeness (QED) is 0.725. The molecule has 132 valence electrons.